The number of carbonyl (C=O) groups excluding carboxylic acids is 1. The monoisotopic (exact) mass is 269 g/mol. The van der Waals surface area contributed by atoms with Crippen molar-refractivity contribution in [2.75, 3.05) is 0 Å². The Labute approximate surface area is 118 Å². The molecule has 1 saturated carbocycles. The average molecular weight is 269 g/mol. The van der Waals surface area contributed by atoms with E-state index in [-0.39, 0.29) is 17.9 Å². The van der Waals surface area contributed by atoms with E-state index in [1.54, 1.807) is 12.5 Å². The van der Waals surface area contributed by atoms with Crippen LogP contribution in [0.25, 0.3) is 5.69 Å². The van der Waals surface area contributed by atoms with Crippen LogP contribution in [0.2, 0.25) is 0 Å². The third-order valence-corrected chi connectivity index (χ3v) is 4.00. The first-order chi connectivity index (χ1) is 9.65. The summed E-state index contributed by atoms with van der Waals surface area (Å²) in [6.45, 7) is 4.14. The van der Waals surface area contributed by atoms with E-state index in [2.05, 4.69) is 29.4 Å². The first-order valence-electron chi connectivity index (χ1n) is 7.04. The molecule has 1 heterocycles. The topological polar surface area (TPSA) is 46.9 Å². The lowest BCUT2D eigenvalue weighted by molar-refractivity contribution is -0.123. The van der Waals surface area contributed by atoms with Crippen molar-refractivity contribution >= 4 is 5.91 Å². The Hall–Kier alpha value is -2.10. The van der Waals surface area contributed by atoms with Gasteiger partial charge in [0.25, 0.3) is 0 Å². The fraction of sp³-hybridized carbons (Fsp3) is 0.375. The minimum absolute atomic E-state index is 0.0483. The molecule has 1 aromatic carbocycles. The molecule has 4 heteroatoms. The number of nitrogens with one attached hydrogen (secondary N) is 1. The summed E-state index contributed by atoms with van der Waals surface area (Å²) >= 11 is 0. The summed E-state index contributed by atoms with van der Waals surface area (Å²) in [5.74, 6) is 0.956. The van der Waals surface area contributed by atoms with E-state index >= 15 is 0 Å². The molecule has 1 aliphatic carbocycles. The third-order valence-electron chi connectivity index (χ3n) is 4.00. The lowest BCUT2D eigenvalue weighted by atomic mass is 10.1. The highest BCUT2D eigenvalue weighted by molar-refractivity contribution is 5.81. The second-order valence-electron chi connectivity index (χ2n) is 5.61. The predicted molar refractivity (Wildman–Crippen MR) is 77.4 cm³/mol. The molecular weight excluding hydrogens is 250 g/mol. The maximum atomic E-state index is 11.9. The van der Waals surface area contributed by atoms with Crippen molar-refractivity contribution in [3.63, 3.8) is 0 Å². The van der Waals surface area contributed by atoms with E-state index in [0.29, 0.717) is 5.92 Å². The predicted octanol–water partition coefficient (Wildman–Crippen LogP) is 2.71. The second-order valence-corrected chi connectivity index (χ2v) is 5.61. The highest BCUT2D eigenvalue weighted by Gasteiger charge is 2.39. The van der Waals surface area contributed by atoms with Gasteiger partial charge in [-0.2, -0.15) is 0 Å². The van der Waals surface area contributed by atoms with Gasteiger partial charge in [-0.3, -0.25) is 4.79 Å². The second kappa shape index (κ2) is 5.12. The van der Waals surface area contributed by atoms with Crippen LogP contribution in [0.15, 0.2) is 43.0 Å². The van der Waals surface area contributed by atoms with Gasteiger partial charge >= 0.3 is 0 Å². The summed E-state index contributed by atoms with van der Waals surface area (Å²) in [5.41, 5.74) is 2.19. The molecule has 0 radical (unpaired) electrons. The van der Waals surface area contributed by atoms with Crippen molar-refractivity contribution in [3.05, 3.63) is 48.5 Å². The number of aromatic nitrogens is 2. The minimum Gasteiger partial charge on any atom is -0.349 e. The van der Waals surface area contributed by atoms with Gasteiger partial charge in [0.15, 0.2) is 0 Å². The molecule has 1 N–H and O–H groups in total. The number of amides is 1. The molecule has 3 rings (SSSR count). The fourth-order valence-electron chi connectivity index (χ4n) is 2.44. The van der Waals surface area contributed by atoms with Gasteiger partial charge in [-0.1, -0.05) is 19.1 Å². The molecule has 0 saturated heterocycles. The van der Waals surface area contributed by atoms with Gasteiger partial charge in [0, 0.05) is 24.0 Å². The molecule has 2 aromatic rings. The van der Waals surface area contributed by atoms with Crippen LogP contribution in [0.5, 0.6) is 0 Å². The molecule has 0 bridgehead atoms. The van der Waals surface area contributed by atoms with Gasteiger partial charge < -0.3 is 9.88 Å². The smallest absolute Gasteiger partial charge is 0.223 e. The van der Waals surface area contributed by atoms with Crippen molar-refractivity contribution in [1.82, 2.24) is 14.9 Å². The van der Waals surface area contributed by atoms with Gasteiger partial charge in [0.1, 0.15) is 0 Å². The van der Waals surface area contributed by atoms with Crippen LogP contribution in [-0.2, 0) is 4.79 Å². The maximum Gasteiger partial charge on any atom is 0.223 e. The third kappa shape index (κ3) is 2.59. The first kappa shape index (κ1) is 12.9. The van der Waals surface area contributed by atoms with Crippen LogP contribution >= 0.6 is 0 Å². The molecule has 1 aliphatic rings. The number of carbonyl (C=O) groups is 1. The van der Waals surface area contributed by atoms with Gasteiger partial charge in [-0.15, -0.1) is 0 Å². The Balaban J connectivity index is 1.66. The highest BCUT2D eigenvalue weighted by atomic mass is 16.2. The molecular formula is C16H19N3O. The molecule has 4 nitrogen and oxygen atoms in total. The summed E-state index contributed by atoms with van der Waals surface area (Å²) in [6, 6.07) is 8.23. The van der Waals surface area contributed by atoms with Crippen molar-refractivity contribution in [2.24, 2.45) is 11.8 Å². The molecule has 104 valence electrons. The Kier molecular flexibility index (Phi) is 3.30. The Bertz CT molecular complexity index is 589. The molecule has 20 heavy (non-hydrogen) atoms. The van der Waals surface area contributed by atoms with E-state index in [9.17, 15) is 4.79 Å². The summed E-state index contributed by atoms with van der Waals surface area (Å²) in [5, 5.41) is 3.08. The number of nitrogens with zero attached hydrogens (tertiary/aromatic N) is 2. The van der Waals surface area contributed by atoms with Crippen LogP contribution < -0.4 is 5.32 Å². The molecule has 1 amide bonds. The average Bonchev–Trinajstić information content (AvgIpc) is 2.97. The van der Waals surface area contributed by atoms with Crippen LogP contribution in [0, 0.1) is 11.8 Å². The summed E-state index contributed by atoms with van der Waals surface area (Å²) < 4.78 is 1.96. The zero-order valence-corrected chi connectivity index (χ0v) is 11.8. The van der Waals surface area contributed by atoms with Gasteiger partial charge in [-0.05, 0) is 37.0 Å². The molecule has 0 aliphatic heterocycles. The SMILES string of the molecule is C[C@H](NC(=O)[C@H]1C[C@@H]1C)c1ccc(-n2ccnc2)cc1. The lowest BCUT2D eigenvalue weighted by Gasteiger charge is -2.15. The summed E-state index contributed by atoms with van der Waals surface area (Å²) in [7, 11) is 0. The van der Waals surface area contributed by atoms with Crippen LogP contribution in [0.1, 0.15) is 31.9 Å². The summed E-state index contributed by atoms with van der Waals surface area (Å²) in [4.78, 5) is 16.0. The Morgan fingerprint density at radius 2 is 2.10 bits per heavy atom. The summed E-state index contributed by atoms with van der Waals surface area (Å²) in [6.07, 6.45) is 6.47. The van der Waals surface area contributed by atoms with Crippen LogP contribution in [0.4, 0.5) is 0 Å². The number of hydrogen-bond donors (Lipinski definition) is 1. The van der Waals surface area contributed by atoms with Gasteiger partial charge in [0.05, 0.1) is 12.4 Å². The largest absolute Gasteiger partial charge is 0.349 e. The molecule has 0 unspecified atom stereocenters. The van der Waals surface area contributed by atoms with Crippen molar-refractivity contribution in [1.29, 1.82) is 0 Å². The number of benzene rings is 1. The Morgan fingerprint density at radius 3 is 2.65 bits per heavy atom. The molecule has 3 atom stereocenters. The normalized spacial score (nSPS) is 22.3. The molecule has 1 fully saturated rings. The molecule has 1 aromatic heterocycles. The van der Waals surface area contributed by atoms with E-state index in [0.717, 1.165) is 17.7 Å². The lowest BCUT2D eigenvalue weighted by Crippen LogP contribution is -2.28. The maximum absolute atomic E-state index is 11.9. The van der Waals surface area contributed by atoms with E-state index < -0.39 is 0 Å². The van der Waals surface area contributed by atoms with E-state index in [1.165, 1.54) is 0 Å². The Morgan fingerprint density at radius 1 is 1.40 bits per heavy atom. The standard InChI is InChI=1S/C16H19N3O/c1-11-9-15(11)16(20)18-12(2)13-3-5-14(6-4-13)19-8-7-17-10-19/h3-8,10-12,15H,9H2,1-2H3,(H,18,20)/t11-,12-,15-/m0/s1. The highest BCUT2D eigenvalue weighted by Crippen LogP contribution is 2.38. The number of hydrogen-bond acceptors (Lipinski definition) is 2. The van der Waals surface area contributed by atoms with E-state index in [1.807, 2.05) is 29.8 Å². The first-order valence-corrected chi connectivity index (χ1v) is 7.04. The zero-order chi connectivity index (χ0) is 14.1. The zero-order valence-electron chi connectivity index (χ0n) is 11.8. The van der Waals surface area contributed by atoms with Crippen molar-refractivity contribution in [2.45, 2.75) is 26.3 Å². The minimum atomic E-state index is 0.0483. The van der Waals surface area contributed by atoms with Crippen LogP contribution in [0.3, 0.4) is 0 Å². The fourth-order valence-corrected chi connectivity index (χ4v) is 2.44. The number of rotatable bonds is 4. The van der Waals surface area contributed by atoms with Crippen molar-refractivity contribution < 1.29 is 4.79 Å². The quantitative estimate of drug-likeness (QED) is 0.927. The van der Waals surface area contributed by atoms with Crippen molar-refractivity contribution in [3.8, 4) is 5.69 Å². The van der Waals surface area contributed by atoms with Gasteiger partial charge in [-0.25, -0.2) is 4.98 Å². The van der Waals surface area contributed by atoms with E-state index in [4.69, 9.17) is 0 Å². The molecule has 0 spiro atoms. The van der Waals surface area contributed by atoms with Gasteiger partial charge in [0.2, 0.25) is 5.91 Å². The van der Waals surface area contributed by atoms with Crippen LogP contribution in [-0.4, -0.2) is 15.5 Å². The number of imidazole rings is 1.